The van der Waals surface area contributed by atoms with Gasteiger partial charge in [-0.05, 0) is 78.2 Å². The van der Waals surface area contributed by atoms with E-state index >= 15 is 0 Å². The molecule has 2 heterocycles. The van der Waals surface area contributed by atoms with Crippen molar-refractivity contribution in [3.05, 3.63) is 17.5 Å². The minimum absolute atomic E-state index is 0.643. The summed E-state index contributed by atoms with van der Waals surface area (Å²) >= 11 is 0. The van der Waals surface area contributed by atoms with Crippen LogP contribution >= 0.6 is 0 Å². The second-order valence-electron chi connectivity index (χ2n) is 6.52. The molecule has 1 N–H and O–H groups in total. The summed E-state index contributed by atoms with van der Waals surface area (Å²) < 4.78 is 2.13. The Kier molecular flexibility index (Phi) is 6.24. The fourth-order valence-corrected chi connectivity index (χ4v) is 3.40. The van der Waals surface area contributed by atoms with Crippen molar-refractivity contribution < 1.29 is 0 Å². The minimum Gasteiger partial charge on any atom is -0.314 e. The van der Waals surface area contributed by atoms with E-state index in [4.69, 9.17) is 0 Å². The van der Waals surface area contributed by atoms with Crippen LogP contribution in [-0.2, 0) is 6.54 Å². The normalized spacial score (nSPS) is 19.0. The summed E-state index contributed by atoms with van der Waals surface area (Å²) in [4.78, 5) is 2.56. The van der Waals surface area contributed by atoms with Crippen LogP contribution in [0.25, 0.3) is 0 Å². The van der Waals surface area contributed by atoms with E-state index in [0.717, 1.165) is 31.1 Å². The molecule has 1 saturated heterocycles. The molecule has 0 saturated carbocycles. The van der Waals surface area contributed by atoms with Crippen LogP contribution in [0.5, 0.6) is 0 Å². The number of nitrogens with one attached hydrogen (secondary N) is 1. The summed E-state index contributed by atoms with van der Waals surface area (Å²) in [7, 11) is 0. The quantitative estimate of drug-likeness (QED) is 0.784. The number of nitrogens with zero attached hydrogens (tertiary/aromatic N) is 3. The highest BCUT2D eigenvalue weighted by atomic mass is 15.3. The molecule has 4 nitrogen and oxygen atoms in total. The Bertz CT molecular complexity index is 418. The van der Waals surface area contributed by atoms with Crippen molar-refractivity contribution in [2.45, 2.75) is 59.5 Å². The Hall–Kier alpha value is -0.870. The molecule has 0 aromatic carbocycles. The average Bonchev–Trinajstić information content (AvgIpc) is 2.81. The van der Waals surface area contributed by atoms with Crippen LogP contribution in [0.1, 0.15) is 44.5 Å². The summed E-state index contributed by atoms with van der Waals surface area (Å²) in [5.41, 5.74) is 2.39. The Morgan fingerprint density at radius 1 is 1.33 bits per heavy atom. The lowest BCUT2D eigenvalue weighted by Gasteiger charge is -2.34. The molecular formula is C17H32N4. The highest BCUT2D eigenvalue weighted by molar-refractivity contribution is 5.06. The summed E-state index contributed by atoms with van der Waals surface area (Å²) in [6.07, 6.45) is 3.85. The van der Waals surface area contributed by atoms with E-state index in [1.54, 1.807) is 0 Å². The number of rotatable bonds is 7. The Balaban J connectivity index is 1.63. The number of aromatic nitrogens is 2. The van der Waals surface area contributed by atoms with Crippen molar-refractivity contribution in [2.24, 2.45) is 5.92 Å². The predicted octanol–water partition coefficient (Wildman–Crippen LogP) is 2.60. The van der Waals surface area contributed by atoms with E-state index in [9.17, 15) is 0 Å². The van der Waals surface area contributed by atoms with Crippen LogP contribution in [-0.4, -0.2) is 46.9 Å². The third-order valence-electron chi connectivity index (χ3n) is 4.90. The van der Waals surface area contributed by atoms with Crippen LogP contribution in [0.3, 0.4) is 0 Å². The molecule has 1 aromatic heterocycles. The van der Waals surface area contributed by atoms with E-state index in [-0.39, 0.29) is 0 Å². The molecule has 0 spiro atoms. The highest BCUT2D eigenvalue weighted by Gasteiger charge is 2.22. The molecule has 4 heteroatoms. The zero-order chi connectivity index (χ0) is 15.2. The fraction of sp³-hybridized carbons (Fsp3) is 0.824. The molecule has 1 fully saturated rings. The number of piperidine rings is 1. The maximum absolute atomic E-state index is 4.52. The van der Waals surface area contributed by atoms with Crippen molar-refractivity contribution in [1.29, 1.82) is 0 Å². The van der Waals surface area contributed by atoms with Gasteiger partial charge in [-0.2, -0.15) is 5.10 Å². The molecule has 0 bridgehead atoms. The molecule has 1 aliphatic heterocycles. The van der Waals surface area contributed by atoms with Crippen LogP contribution in [0.15, 0.2) is 6.07 Å². The summed E-state index contributed by atoms with van der Waals surface area (Å²) in [5, 5.41) is 8.24. The third-order valence-corrected chi connectivity index (χ3v) is 4.90. The summed E-state index contributed by atoms with van der Waals surface area (Å²) in [6.45, 7) is 14.7. The summed E-state index contributed by atoms with van der Waals surface area (Å²) in [5.74, 6) is 0.849. The first-order chi connectivity index (χ1) is 10.1. The van der Waals surface area contributed by atoms with Gasteiger partial charge >= 0.3 is 0 Å². The second-order valence-corrected chi connectivity index (χ2v) is 6.52. The first-order valence-electron chi connectivity index (χ1n) is 8.57. The van der Waals surface area contributed by atoms with E-state index < -0.39 is 0 Å². The van der Waals surface area contributed by atoms with Gasteiger partial charge in [-0.1, -0.05) is 6.92 Å². The number of hydrogen-bond acceptors (Lipinski definition) is 3. The standard InChI is InChI=1S/C17H32N4/c1-5-20-11-7-17(8-12-20)16(4)18-9-6-10-21-15(3)13-14(2)19-21/h13,16-18H,5-12H2,1-4H3. The average molecular weight is 292 g/mol. The van der Waals surface area contributed by atoms with Crippen molar-refractivity contribution in [1.82, 2.24) is 20.0 Å². The SMILES string of the molecule is CCN1CCC(C(C)NCCCn2nc(C)cc2C)CC1. The van der Waals surface area contributed by atoms with E-state index in [1.165, 1.54) is 38.2 Å². The predicted molar refractivity (Wildman–Crippen MR) is 88.6 cm³/mol. The Morgan fingerprint density at radius 2 is 2.05 bits per heavy atom. The van der Waals surface area contributed by atoms with Crippen molar-refractivity contribution >= 4 is 0 Å². The lowest BCUT2D eigenvalue weighted by molar-refractivity contribution is 0.169. The first kappa shape index (κ1) is 16.5. The third kappa shape index (κ3) is 4.82. The maximum atomic E-state index is 4.52. The van der Waals surface area contributed by atoms with Gasteiger partial charge in [-0.15, -0.1) is 0 Å². The van der Waals surface area contributed by atoms with Gasteiger partial charge in [0.1, 0.15) is 0 Å². The van der Waals surface area contributed by atoms with Gasteiger partial charge in [0.25, 0.3) is 0 Å². The number of aryl methyl sites for hydroxylation is 3. The second kappa shape index (κ2) is 7.95. The molecule has 2 rings (SSSR count). The van der Waals surface area contributed by atoms with Crippen LogP contribution in [0.4, 0.5) is 0 Å². The molecule has 21 heavy (non-hydrogen) atoms. The Morgan fingerprint density at radius 3 is 2.62 bits per heavy atom. The van der Waals surface area contributed by atoms with Crippen LogP contribution in [0.2, 0.25) is 0 Å². The number of hydrogen-bond donors (Lipinski definition) is 1. The van der Waals surface area contributed by atoms with E-state index in [0.29, 0.717) is 6.04 Å². The number of likely N-dealkylation sites (tertiary alicyclic amines) is 1. The lowest BCUT2D eigenvalue weighted by atomic mass is 9.90. The van der Waals surface area contributed by atoms with Crippen LogP contribution < -0.4 is 5.32 Å². The van der Waals surface area contributed by atoms with Crippen LogP contribution in [0, 0.1) is 19.8 Å². The molecule has 0 radical (unpaired) electrons. The molecule has 1 aromatic rings. The van der Waals surface area contributed by atoms with Crippen molar-refractivity contribution in [3.8, 4) is 0 Å². The topological polar surface area (TPSA) is 33.1 Å². The molecule has 0 aliphatic carbocycles. The van der Waals surface area contributed by atoms with E-state index in [2.05, 4.69) is 53.8 Å². The zero-order valence-corrected chi connectivity index (χ0v) is 14.2. The first-order valence-corrected chi connectivity index (χ1v) is 8.57. The smallest absolute Gasteiger partial charge is 0.0596 e. The summed E-state index contributed by atoms with van der Waals surface area (Å²) in [6, 6.07) is 2.79. The van der Waals surface area contributed by atoms with Crippen molar-refractivity contribution in [2.75, 3.05) is 26.2 Å². The van der Waals surface area contributed by atoms with Gasteiger partial charge in [0.2, 0.25) is 0 Å². The Labute approximate surface area is 129 Å². The van der Waals surface area contributed by atoms with Gasteiger partial charge in [-0.3, -0.25) is 4.68 Å². The minimum atomic E-state index is 0.643. The molecule has 1 unspecified atom stereocenters. The maximum Gasteiger partial charge on any atom is 0.0596 e. The van der Waals surface area contributed by atoms with Gasteiger partial charge in [0.15, 0.2) is 0 Å². The molecule has 0 amide bonds. The fourth-order valence-electron chi connectivity index (χ4n) is 3.40. The van der Waals surface area contributed by atoms with Gasteiger partial charge in [0.05, 0.1) is 5.69 Å². The van der Waals surface area contributed by atoms with Crippen molar-refractivity contribution in [3.63, 3.8) is 0 Å². The van der Waals surface area contributed by atoms with E-state index in [1.807, 2.05) is 0 Å². The highest BCUT2D eigenvalue weighted by Crippen LogP contribution is 2.20. The monoisotopic (exact) mass is 292 g/mol. The molecule has 1 aliphatic rings. The zero-order valence-electron chi connectivity index (χ0n) is 14.2. The lowest BCUT2D eigenvalue weighted by Crippen LogP contribution is -2.42. The van der Waals surface area contributed by atoms with Gasteiger partial charge in [0, 0.05) is 18.3 Å². The largest absolute Gasteiger partial charge is 0.314 e. The molecular weight excluding hydrogens is 260 g/mol. The molecule has 1 atom stereocenters. The van der Waals surface area contributed by atoms with Gasteiger partial charge in [-0.25, -0.2) is 0 Å². The van der Waals surface area contributed by atoms with Gasteiger partial charge < -0.3 is 10.2 Å². The molecule has 120 valence electrons.